The van der Waals surface area contributed by atoms with Gasteiger partial charge in [0.05, 0.1) is 13.2 Å². The summed E-state index contributed by atoms with van der Waals surface area (Å²) in [6.45, 7) is 3.21. The first-order valence-electron chi connectivity index (χ1n) is 7.77. The minimum atomic E-state index is -0.932. The number of aliphatic carboxylic acids is 1. The van der Waals surface area contributed by atoms with Crippen LogP contribution >= 0.6 is 0 Å². The molecule has 1 aromatic rings. The molecule has 0 saturated heterocycles. The van der Waals surface area contributed by atoms with Gasteiger partial charge in [0.2, 0.25) is 0 Å². The molecule has 1 aliphatic rings. The number of nitrogens with one attached hydrogen (secondary N) is 1. The molecule has 0 fully saturated rings. The summed E-state index contributed by atoms with van der Waals surface area (Å²) in [5, 5.41) is 12.0. The Kier molecular flexibility index (Phi) is 6.35. The number of carboxylic acids is 1. The van der Waals surface area contributed by atoms with Gasteiger partial charge in [-0.2, -0.15) is 0 Å². The van der Waals surface area contributed by atoms with E-state index in [2.05, 4.69) is 11.4 Å². The molecular weight excluding hydrogens is 297 g/mol. The fourth-order valence-electron chi connectivity index (χ4n) is 2.61. The van der Waals surface area contributed by atoms with Crippen LogP contribution in [0.2, 0.25) is 0 Å². The van der Waals surface area contributed by atoms with Gasteiger partial charge in [-0.3, -0.25) is 4.79 Å². The predicted octanol–water partition coefficient (Wildman–Crippen LogP) is 3.84. The van der Waals surface area contributed by atoms with E-state index in [9.17, 15) is 9.18 Å². The average molecular weight is 319 g/mol. The van der Waals surface area contributed by atoms with E-state index in [1.54, 1.807) is 13.0 Å². The Morgan fingerprint density at radius 1 is 1.43 bits per heavy atom. The molecule has 2 rings (SSSR count). The lowest BCUT2D eigenvalue weighted by molar-refractivity contribution is -0.136. The van der Waals surface area contributed by atoms with Gasteiger partial charge in [0, 0.05) is 24.2 Å². The van der Waals surface area contributed by atoms with Crippen LogP contribution in [0.4, 0.5) is 10.1 Å². The van der Waals surface area contributed by atoms with E-state index >= 15 is 0 Å². The van der Waals surface area contributed by atoms with E-state index in [4.69, 9.17) is 9.84 Å². The maximum atomic E-state index is 14.0. The lowest BCUT2D eigenvalue weighted by Gasteiger charge is -2.09. The Balaban J connectivity index is 1.84. The van der Waals surface area contributed by atoms with Crippen LogP contribution in [0.3, 0.4) is 0 Å². The number of hydrogen-bond donors (Lipinski definition) is 2. The lowest BCUT2D eigenvalue weighted by atomic mass is 10.1. The fraction of sp³-hybridized carbons (Fsp3) is 0.389. The highest BCUT2D eigenvalue weighted by Crippen LogP contribution is 2.26. The molecule has 124 valence electrons. The SMILES string of the molecule is C/C=C(CCC(=O)O)\C(F)=C/COCc1cccc2c1NCC2. The molecule has 0 radical (unpaired) electrons. The van der Waals surface area contributed by atoms with Gasteiger partial charge in [-0.1, -0.05) is 24.3 Å². The Morgan fingerprint density at radius 3 is 3.00 bits per heavy atom. The molecule has 23 heavy (non-hydrogen) atoms. The van der Waals surface area contributed by atoms with Crippen LogP contribution in [-0.4, -0.2) is 24.2 Å². The number of carboxylic acid groups (broad SMARTS) is 1. The first-order valence-corrected chi connectivity index (χ1v) is 7.77. The molecule has 0 spiro atoms. The molecule has 5 heteroatoms. The van der Waals surface area contributed by atoms with Crippen molar-refractivity contribution in [2.45, 2.75) is 32.8 Å². The van der Waals surface area contributed by atoms with Crippen LogP contribution in [0, 0.1) is 0 Å². The summed E-state index contributed by atoms with van der Waals surface area (Å²) in [4.78, 5) is 10.6. The maximum absolute atomic E-state index is 14.0. The number of benzene rings is 1. The van der Waals surface area contributed by atoms with Crippen LogP contribution < -0.4 is 5.32 Å². The highest BCUT2D eigenvalue weighted by Gasteiger charge is 2.13. The molecule has 0 unspecified atom stereocenters. The smallest absolute Gasteiger partial charge is 0.303 e. The highest BCUT2D eigenvalue weighted by molar-refractivity contribution is 5.67. The van der Waals surface area contributed by atoms with Crippen molar-refractivity contribution in [3.05, 3.63) is 52.9 Å². The zero-order valence-electron chi connectivity index (χ0n) is 13.3. The molecule has 0 aromatic heterocycles. The molecule has 0 aliphatic carbocycles. The highest BCUT2D eigenvalue weighted by atomic mass is 19.1. The van der Waals surface area contributed by atoms with Gasteiger partial charge in [-0.15, -0.1) is 0 Å². The van der Waals surface area contributed by atoms with Crippen molar-refractivity contribution in [3.8, 4) is 0 Å². The molecule has 1 aromatic carbocycles. The molecule has 1 heterocycles. The van der Waals surface area contributed by atoms with E-state index in [1.807, 2.05) is 12.1 Å². The van der Waals surface area contributed by atoms with Crippen LogP contribution in [-0.2, 0) is 22.6 Å². The second kappa shape index (κ2) is 8.48. The van der Waals surface area contributed by atoms with E-state index in [-0.39, 0.29) is 19.4 Å². The number of ether oxygens (including phenoxy) is 1. The predicted molar refractivity (Wildman–Crippen MR) is 88.1 cm³/mol. The first kappa shape index (κ1) is 17.2. The molecule has 1 aliphatic heterocycles. The zero-order valence-corrected chi connectivity index (χ0v) is 13.3. The summed E-state index contributed by atoms with van der Waals surface area (Å²) in [5.74, 6) is -1.34. The molecule has 0 amide bonds. The average Bonchev–Trinajstić information content (AvgIpc) is 3.01. The number of fused-ring (bicyclic) bond motifs is 1. The zero-order chi connectivity index (χ0) is 16.7. The molecule has 0 saturated carbocycles. The second-order valence-electron chi connectivity index (χ2n) is 5.40. The topological polar surface area (TPSA) is 58.6 Å². The van der Waals surface area contributed by atoms with Crippen LogP contribution in [0.1, 0.15) is 30.9 Å². The summed E-state index contributed by atoms with van der Waals surface area (Å²) in [7, 11) is 0. The van der Waals surface area contributed by atoms with Crippen molar-refractivity contribution in [3.63, 3.8) is 0 Å². The minimum Gasteiger partial charge on any atom is -0.481 e. The van der Waals surface area contributed by atoms with Gasteiger partial charge in [-0.05, 0) is 37.0 Å². The Hall–Kier alpha value is -2.14. The largest absolute Gasteiger partial charge is 0.481 e. The van der Waals surface area contributed by atoms with Crippen LogP contribution in [0.25, 0.3) is 0 Å². The Morgan fingerprint density at radius 2 is 2.26 bits per heavy atom. The monoisotopic (exact) mass is 319 g/mol. The number of allylic oxidation sites excluding steroid dienone is 3. The van der Waals surface area contributed by atoms with E-state index < -0.39 is 11.8 Å². The van der Waals surface area contributed by atoms with Gasteiger partial charge in [0.15, 0.2) is 0 Å². The molecule has 0 atom stereocenters. The number of halogens is 1. The summed E-state index contributed by atoms with van der Waals surface area (Å²) < 4.78 is 19.5. The van der Waals surface area contributed by atoms with E-state index in [0.717, 1.165) is 24.2 Å². The number of anilines is 1. The van der Waals surface area contributed by atoms with Crippen molar-refractivity contribution in [1.82, 2.24) is 0 Å². The van der Waals surface area contributed by atoms with Crippen molar-refractivity contribution >= 4 is 11.7 Å². The summed E-state index contributed by atoms with van der Waals surface area (Å²) in [5.41, 5.74) is 3.90. The van der Waals surface area contributed by atoms with Gasteiger partial charge in [-0.25, -0.2) is 4.39 Å². The summed E-state index contributed by atoms with van der Waals surface area (Å²) in [6.07, 6.45) is 4.08. The third-order valence-electron chi connectivity index (χ3n) is 3.83. The second-order valence-corrected chi connectivity index (χ2v) is 5.40. The summed E-state index contributed by atoms with van der Waals surface area (Å²) in [6, 6.07) is 6.10. The normalized spacial score (nSPS) is 14.5. The Labute approximate surface area is 135 Å². The molecule has 0 bridgehead atoms. The molecule has 4 nitrogen and oxygen atoms in total. The molecular formula is C18H22FNO3. The van der Waals surface area contributed by atoms with E-state index in [0.29, 0.717) is 12.2 Å². The van der Waals surface area contributed by atoms with Crippen LogP contribution in [0.5, 0.6) is 0 Å². The van der Waals surface area contributed by atoms with Crippen LogP contribution in [0.15, 0.2) is 41.8 Å². The number of carbonyl (C=O) groups is 1. The maximum Gasteiger partial charge on any atom is 0.303 e. The van der Waals surface area contributed by atoms with Crippen molar-refractivity contribution in [1.29, 1.82) is 0 Å². The third kappa shape index (κ3) is 4.93. The Bertz CT molecular complexity index is 623. The number of para-hydroxylation sites is 1. The third-order valence-corrected chi connectivity index (χ3v) is 3.83. The van der Waals surface area contributed by atoms with Crippen molar-refractivity contribution in [2.75, 3.05) is 18.5 Å². The summed E-state index contributed by atoms with van der Waals surface area (Å²) >= 11 is 0. The lowest BCUT2D eigenvalue weighted by Crippen LogP contribution is -2.00. The van der Waals surface area contributed by atoms with Gasteiger partial charge < -0.3 is 15.2 Å². The number of hydrogen-bond acceptors (Lipinski definition) is 3. The minimum absolute atomic E-state index is 0.0797. The number of rotatable bonds is 8. The van der Waals surface area contributed by atoms with Gasteiger partial charge in [0.1, 0.15) is 5.83 Å². The van der Waals surface area contributed by atoms with Gasteiger partial charge >= 0.3 is 5.97 Å². The standard InChI is InChI=1S/C18H22FNO3/c1-2-13(6-7-17(21)22)16(19)9-11-23-12-15-5-3-4-14-8-10-20-18(14)15/h2-5,9,20H,6-8,10-12H2,1H3,(H,21,22)/b13-2-,16-9+. The van der Waals surface area contributed by atoms with Crippen molar-refractivity contribution < 1.29 is 19.0 Å². The van der Waals surface area contributed by atoms with Crippen molar-refractivity contribution in [2.24, 2.45) is 0 Å². The fourth-order valence-corrected chi connectivity index (χ4v) is 2.61. The quantitative estimate of drug-likeness (QED) is 0.565. The molecule has 2 N–H and O–H groups in total. The van der Waals surface area contributed by atoms with E-state index in [1.165, 1.54) is 11.6 Å². The van der Waals surface area contributed by atoms with Gasteiger partial charge in [0.25, 0.3) is 0 Å². The first-order chi connectivity index (χ1) is 11.1.